The monoisotopic (exact) mass is 226 g/mol. The molecule has 2 heterocycles. The summed E-state index contributed by atoms with van der Waals surface area (Å²) in [6, 6.07) is 9.61. The number of ketones is 1. The smallest absolute Gasteiger partial charge is 0.167 e. The van der Waals surface area contributed by atoms with Crippen LogP contribution in [0.2, 0.25) is 0 Å². The number of nitrogens with zero attached hydrogens (tertiary/aromatic N) is 1. The van der Waals surface area contributed by atoms with Gasteiger partial charge in [-0.2, -0.15) is 0 Å². The highest BCUT2D eigenvalue weighted by molar-refractivity contribution is 6.08. The van der Waals surface area contributed by atoms with Crippen LogP contribution < -0.4 is 5.32 Å². The Morgan fingerprint density at radius 3 is 3.06 bits per heavy atom. The normalized spacial score (nSPS) is 19.6. The van der Waals surface area contributed by atoms with Crippen molar-refractivity contribution in [2.24, 2.45) is 5.92 Å². The molecule has 3 heteroatoms. The Balaban J connectivity index is 2.07. The highest BCUT2D eigenvalue weighted by atomic mass is 16.1. The van der Waals surface area contributed by atoms with Crippen LogP contribution in [0.25, 0.3) is 10.9 Å². The van der Waals surface area contributed by atoms with Gasteiger partial charge in [-0.05, 0) is 25.1 Å². The number of hydrogen-bond acceptors (Lipinski definition) is 3. The molecule has 0 amide bonds. The number of carbonyl (C=O) groups is 1. The first-order valence-electron chi connectivity index (χ1n) is 5.95. The quantitative estimate of drug-likeness (QED) is 0.797. The molecule has 1 N–H and O–H groups in total. The van der Waals surface area contributed by atoms with E-state index in [1.807, 2.05) is 30.3 Å². The molecule has 3 nitrogen and oxygen atoms in total. The molecule has 1 unspecified atom stereocenters. The maximum Gasteiger partial charge on any atom is 0.167 e. The lowest BCUT2D eigenvalue weighted by Gasteiger charge is -2.09. The van der Waals surface area contributed by atoms with Gasteiger partial charge in [0.2, 0.25) is 0 Å². The van der Waals surface area contributed by atoms with Crippen LogP contribution in [0.15, 0.2) is 36.5 Å². The lowest BCUT2D eigenvalue weighted by Crippen LogP contribution is -2.18. The zero-order chi connectivity index (χ0) is 11.7. The summed E-state index contributed by atoms with van der Waals surface area (Å²) in [6.45, 7) is 1.74. The molecule has 1 saturated heterocycles. The lowest BCUT2D eigenvalue weighted by molar-refractivity contribution is 0.0932. The van der Waals surface area contributed by atoms with Gasteiger partial charge in [-0.1, -0.05) is 18.2 Å². The zero-order valence-electron chi connectivity index (χ0n) is 9.52. The fourth-order valence-electron chi connectivity index (χ4n) is 2.42. The van der Waals surface area contributed by atoms with Gasteiger partial charge in [0, 0.05) is 29.6 Å². The van der Waals surface area contributed by atoms with Gasteiger partial charge in [0.1, 0.15) is 0 Å². The van der Waals surface area contributed by atoms with Crippen molar-refractivity contribution in [2.45, 2.75) is 6.42 Å². The number of rotatable bonds is 2. The lowest BCUT2D eigenvalue weighted by atomic mass is 9.94. The third-order valence-electron chi connectivity index (χ3n) is 3.34. The second-order valence-corrected chi connectivity index (χ2v) is 4.43. The summed E-state index contributed by atoms with van der Waals surface area (Å²) in [6.07, 6.45) is 2.70. The predicted molar refractivity (Wildman–Crippen MR) is 67.1 cm³/mol. The Labute approximate surface area is 99.9 Å². The van der Waals surface area contributed by atoms with Gasteiger partial charge in [0.15, 0.2) is 5.78 Å². The predicted octanol–water partition coefficient (Wildman–Crippen LogP) is 2.03. The number of carbonyl (C=O) groups excluding carboxylic acids is 1. The minimum Gasteiger partial charge on any atom is -0.316 e. The Morgan fingerprint density at radius 2 is 2.24 bits per heavy atom. The van der Waals surface area contributed by atoms with Crippen LogP contribution in [0.3, 0.4) is 0 Å². The minimum atomic E-state index is 0.126. The molecule has 1 aromatic carbocycles. The molecule has 3 rings (SSSR count). The molecule has 86 valence electrons. The first-order chi connectivity index (χ1) is 8.36. The molecule has 1 atom stereocenters. The molecule has 1 fully saturated rings. The molecule has 1 aliphatic heterocycles. The van der Waals surface area contributed by atoms with Crippen LogP contribution in [-0.2, 0) is 0 Å². The van der Waals surface area contributed by atoms with E-state index in [4.69, 9.17) is 0 Å². The number of hydrogen-bond donors (Lipinski definition) is 1. The van der Waals surface area contributed by atoms with Gasteiger partial charge in [0.05, 0.1) is 5.52 Å². The molecule has 1 aliphatic rings. The summed E-state index contributed by atoms with van der Waals surface area (Å²) in [5.41, 5.74) is 1.70. The second-order valence-electron chi connectivity index (χ2n) is 4.43. The van der Waals surface area contributed by atoms with E-state index in [0.717, 1.165) is 36.0 Å². The molecule has 0 radical (unpaired) electrons. The summed E-state index contributed by atoms with van der Waals surface area (Å²) in [4.78, 5) is 16.7. The average molecular weight is 226 g/mol. The summed E-state index contributed by atoms with van der Waals surface area (Å²) in [5.74, 6) is 0.370. The summed E-state index contributed by atoms with van der Waals surface area (Å²) in [5, 5.41) is 4.20. The zero-order valence-corrected chi connectivity index (χ0v) is 9.52. The van der Waals surface area contributed by atoms with E-state index in [1.165, 1.54) is 0 Å². The first-order valence-corrected chi connectivity index (χ1v) is 5.95. The third-order valence-corrected chi connectivity index (χ3v) is 3.34. The van der Waals surface area contributed by atoms with Crippen LogP contribution >= 0.6 is 0 Å². The Kier molecular flexibility index (Phi) is 2.61. The highest BCUT2D eigenvalue weighted by Crippen LogP contribution is 2.22. The van der Waals surface area contributed by atoms with E-state index in [9.17, 15) is 4.79 Å². The molecular weight excluding hydrogens is 212 g/mol. The molecule has 1 aromatic heterocycles. The number of fused-ring (bicyclic) bond motifs is 1. The van der Waals surface area contributed by atoms with E-state index < -0.39 is 0 Å². The largest absolute Gasteiger partial charge is 0.316 e. The fourth-order valence-corrected chi connectivity index (χ4v) is 2.42. The molecule has 0 bridgehead atoms. The van der Waals surface area contributed by atoms with Gasteiger partial charge in [0.25, 0.3) is 0 Å². The van der Waals surface area contributed by atoms with Crippen molar-refractivity contribution in [1.29, 1.82) is 0 Å². The summed E-state index contributed by atoms with van der Waals surface area (Å²) in [7, 11) is 0. The SMILES string of the molecule is O=C(c1cccc2ncccc12)C1CCNC1. The number of pyridine rings is 1. The average Bonchev–Trinajstić information content (AvgIpc) is 2.91. The number of Topliss-reactive ketones (excluding diaryl/α,β-unsaturated/α-hetero) is 1. The molecule has 17 heavy (non-hydrogen) atoms. The Morgan fingerprint density at radius 1 is 1.29 bits per heavy atom. The molecular formula is C14H14N2O. The van der Waals surface area contributed by atoms with Gasteiger partial charge in [-0.15, -0.1) is 0 Å². The summed E-state index contributed by atoms with van der Waals surface area (Å²) >= 11 is 0. The van der Waals surface area contributed by atoms with Gasteiger partial charge < -0.3 is 5.32 Å². The number of aromatic nitrogens is 1. The van der Waals surface area contributed by atoms with Gasteiger partial charge in [-0.25, -0.2) is 0 Å². The van der Waals surface area contributed by atoms with Gasteiger partial charge >= 0.3 is 0 Å². The topological polar surface area (TPSA) is 42.0 Å². The molecule has 2 aromatic rings. The van der Waals surface area contributed by atoms with E-state index >= 15 is 0 Å². The van der Waals surface area contributed by atoms with Gasteiger partial charge in [-0.3, -0.25) is 9.78 Å². The molecule has 0 spiro atoms. The van der Waals surface area contributed by atoms with Crippen LogP contribution in [-0.4, -0.2) is 23.9 Å². The Hall–Kier alpha value is -1.74. The van der Waals surface area contributed by atoms with Crippen molar-refractivity contribution in [1.82, 2.24) is 10.3 Å². The molecule has 0 aliphatic carbocycles. The van der Waals surface area contributed by atoms with Crippen LogP contribution in [0, 0.1) is 5.92 Å². The number of benzene rings is 1. The van der Waals surface area contributed by atoms with Crippen molar-refractivity contribution in [2.75, 3.05) is 13.1 Å². The van der Waals surface area contributed by atoms with Crippen molar-refractivity contribution < 1.29 is 4.79 Å². The van der Waals surface area contributed by atoms with E-state index in [2.05, 4.69) is 10.3 Å². The van der Waals surface area contributed by atoms with Crippen LogP contribution in [0.1, 0.15) is 16.8 Å². The maximum atomic E-state index is 12.4. The highest BCUT2D eigenvalue weighted by Gasteiger charge is 2.24. The van der Waals surface area contributed by atoms with E-state index in [1.54, 1.807) is 6.20 Å². The molecule has 0 saturated carbocycles. The number of nitrogens with one attached hydrogen (secondary N) is 1. The van der Waals surface area contributed by atoms with Crippen molar-refractivity contribution in [3.05, 3.63) is 42.1 Å². The minimum absolute atomic E-state index is 0.126. The maximum absolute atomic E-state index is 12.4. The van der Waals surface area contributed by atoms with E-state index in [-0.39, 0.29) is 11.7 Å². The van der Waals surface area contributed by atoms with Crippen LogP contribution in [0.4, 0.5) is 0 Å². The van der Waals surface area contributed by atoms with E-state index in [0.29, 0.717) is 0 Å². The third kappa shape index (κ3) is 1.83. The van der Waals surface area contributed by atoms with Crippen molar-refractivity contribution in [3.8, 4) is 0 Å². The first kappa shape index (κ1) is 10.4. The van der Waals surface area contributed by atoms with Crippen molar-refractivity contribution >= 4 is 16.7 Å². The second kappa shape index (κ2) is 4.26. The van der Waals surface area contributed by atoms with Crippen LogP contribution in [0.5, 0.6) is 0 Å². The Bertz CT molecular complexity index is 554. The fraction of sp³-hybridized carbons (Fsp3) is 0.286. The van der Waals surface area contributed by atoms with Crippen molar-refractivity contribution in [3.63, 3.8) is 0 Å². The standard InChI is InChI=1S/C14H14N2O/c17-14(10-6-8-15-9-10)12-3-1-5-13-11(12)4-2-7-16-13/h1-5,7,10,15H,6,8-9H2. The summed E-state index contributed by atoms with van der Waals surface area (Å²) < 4.78 is 0.